The fourth-order valence-corrected chi connectivity index (χ4v) is 1.26. The summed E-state index contributed by atoms with van der Waals surface area (Å²) >= 11 is 0. The maximum atomic E-state index is 11.1. The first-order valence-corrected chi connectivity index (χ1v) is 4.71. The topological polar surface area (TPSA) is 58.6 Å². The Morgan fingerprint density at radius 1 is 1.40 bits per heavy atom. The number of benzene rings is 1. The molecule has 82 valence electrons. The first-order valence-electron chi connectivity index (χ1n) is 4.71. The molecule has 0 saturated heterocycles. The van der Waals surface area contributed by atoms with Crippen LogP contribution < -0.4 is 5.32 Å². The van der Waals surface area contributed by atoms with Crippen LogP contribution in [-0.2, 0) is 22.7 Å². The Morgan fingerprint density at radius 2 is 2.07 bits per heavy atom. The molecule has 0 fully saturated rings. The number of carbonyl (C=O) groups excluding carboxylic acids is 1. The van der Waals surface area contributed by atoms with E-state index >= 15 is 0 Å². The van der Waals surface area contributed by atoms with Crippen molar-refractivity contribution in [1.82, 2.24) is 5.32 Å². The Morgan fingerprint density at radius 3 is 2.67 bits per heavy atom. The lowest BCUT2D eigenvalue weighted by Crippen LogP contribution is -2.26. The van der Waals surface area contributed by atoms with E-state index in [4.69, 9.17) is 5.11 Å². The standard InChI is InChI=1S/C11H15NO3/c1-15-8-11(14)12-6-9-4-2-3-5-10(9)7-13/h2-5,13H,6-8H2,1H3,(H,12,14). The number of rotatable bonds is 5. The van der Waals surface area contributed by atoms with E-state index in [2.05, 4.69) is 10.1 Å². The molecule has 0 atom stereocenters. The number of amides is 1. The van der Waals surface area contributed by atoms with Crippen molar-refractivity contribution >= 4 is 5.91 Å². The Hall–Kier alpha value is -1.39. The van der Waals surface area contributed by atoms with E-state index in [1.54, 1.807) is 0 Å². The zero-order valence-electron chi connectivity index (χ0n) is 8.69. The van der Waals surface area contributed by atoms with Crippen molar-refractivity contribution in [2.75, 3.05) is 13.7 Å². The molecule has 0 aliphatic heterocycles. The van der Waals surface area contributed by atoms with E-state index in [0.717, 1.165) is 11.1 Å². The third-order valence-corrected chi connectivity index (χ3v) is 2.04. The van der Waals surface area contributed by atoms with Gasteiger partial charge in [-0.25, -0.2) is 0 Å². The average molecular weight is 209 g/mol. The first-order chi connectivity index (χ1) is 7.27. The lowest BCUT2D eigenvalue weighted by atomic mass is 10.1. The molecule has 0 heterocycles. The molecule has 2 N–H and O–H groups in total. The predicted octanol–water partition coefficient (Wildman–Crippen LogP) is 0.441. The van der Waals surface area contributed by atoms with Crippen LogP contribution in [0.1, 0.15) is 11.1 Å². The lowest BCUT2D eigenvalue weighted by Gasteiger charge is -2.08. The second-order valence-corrected chi connectivity index (χ2v) is 3.14. The average Bonchev–Trinajstić information content (AvgIpc) is 2.27. The van der Waals surface area contributed by atoms with Gasteiger partial charge in [0.05, 0.1) is 6.61 Å². The van der Waals surface area contributed by atoms with Crippen molar-refractivity contribution in [3.63, 3.8) is 0 Å². The van der Waals surface area contributed by atoms with E-state index in [-0.39, 0.29) is 19.1 Å². The number of ether oxygens (including phenoxy) is 1. The number of methoxy groups -OCH3 is 1. The molecule has 1 amide bonds. The summed E-state index contributed by atoms with van der Waals surface area (Å²) < 4.78 is 4.69. The van der Waals surface area contributed by atoms with Gasteiger partial charge in [0.25, 0.3) is 0 Å². The minimum absolute atomic E-state index is 0.0175. The molecule has 0 aromatic heterocycles. The van der Waals surface area contributed by atoms with Crippen LogP contribution in [0.4, 0.5) is 0 Å². The maximum absolute atomic E-state index is 11.1. The molecule has 0 saturated carbocycles. The number of aliphatic hydroxyl groups excluding tert-OH is 1. The monoisotopic (exact) mass is 209 g/mol. The van der Waals surface area contributed by atoms with Gasteiger partial charge in [0.15, 0.2) is 0 Å². The first kappa shape index (κ1) is 11.7. The molecule has 15 heavy (non-hydrogen) atoms. The largest absolute Gasteiger partial charge is 0.392 e. The van der Waals surface area contributed by atoms with Gasteiger partial charge in [-0.2, -0.15) is 0 Å². The predicted molar refractivity (Wildman–Crippen MR) is 56.1 cm³/mol. The quantitative estimate of drug-likeness (QED) is 0.740. The van der Waals surface area contributed by atoms with Crippen LogP contribution in [0.15, 0.2) is 24.3 Å². The SMILES string of the molecule is COCC(=O)NCc1ccccc1CO. The van der Waals surface area contributed by atoms with Crippen molar-refractivity contribution in [3.05, 3.63) is 35.4 Å². The molecule has 0 radical (unpaired) electrons. The molecule has 1 rings (SSSR count). The fraction of sp³-hybridized carbons (Fsp3) is 0.364. The second kappa shape index (κ2) is 6.16. The van der Waals surface area contributed by atoms with Crippen molar-refractivity contribution in [2.24, 2.45) is 0 Å². The summed E-state index contributed by atoms with van der Waals surface area (Å²) in [5.74, 6) is -0.162. The summed E-state index contributed by atoms with van der Waals surface area (Å²) in [4.78, 5) is 11.1. The Bertz CT molecular complexity index is 325. The minimum Gasteiger partial charge on any atom is -0.392 e. The molecular weight excluding hydrogens is 194 g/mol. The molecular formula is C11H15NO3. The summed E-state index contributed by atoms with van der Waals surface area (Å²) in [5.41, 5.74) is 1.75. The van der Waals surface area contributed by atoms with E-state index < -0.39 is 0 Å². The molecule has 4 nitrogen and oxygen atoms in total. The van der Waals surface area contributed by atoms with Gasteiger partial charge in [-0.05, 0) is 11.1 Å². The number of nitrogens with one attached hydrogen (secondary N) is 1. The van der Waals surface area contributed by atoms with Crippen molar-refractivity contribution in [1.29, 1.82) is 0 Å². The third kappa shape index (κ3) is 3.69. The van der Waals surface area contributed by atoms with Gasteiger partial charge in [0.1, 0.15) is 6.61 Å². The number of hydrogen-bond acceptors (Lipinski definition) is 3. The summed E-state index contributed by atoms with van der Waals surface area (Å²) in [6, 6.07) is 7.43. The van der Waals surface area contributed by atoms with Gasteiger partial charge in [-0.15, -0.1) is 0 Å². The van der Waals surface area contributed by atoms with Crippen molar-refractivity contribution in [3.8, 4) is 0 Å². The van der Waals surface area contributed by atoms with Gasteiger partial charge < -0.3 is 15.2 Å². The summed E-state index contributed by atoms with van der Waals surface area (Å²) in [6.07, 6.45) is 0. The van der Waals surface area contributed by atoms with E-state index in [0.29, 0.717) is 6.54 Å². The van der Waals surface area contributed by atoms with Gasteiger partial charge in [-0.1, -0.05) is 24.3 Å². The van der Waals surface area contributed by atoms with E-state index in [1.165, 1.54) is 7.11 Å². The minimum atomic E-state index is -0.162. The molecule has 1 aromatic carbocycles. The normalized spacial score (nSPS) is 10.0. The molecule has 0 aliphatic carbocycles. The molecule has 0 bridgehead atoms. The maximum Gasteiger partial charge on any atom is 0.246 e. The molecule has 4 heteroatoms. The second-order valence-electron chi connectivity index (χ2n) is 3.14. The van der Waals surface area contributed by atoms with Gasteiger partial charge in [0.2, 0.25) is 5.91 Å². The van der Waals surface area contributed by atoms with Crippen LogP contribution in [0.2, 0.25) is 0 Å². The van der Waals surface area contributed by atoms with Gasteiger partial charge in [0, 0.05) is 13.7 Å². The summed E-state index contributed by atoms with van der Waals surface area (Å²) in [6.45, 7) is 0.455. The molecule has 1 aromatic rings. The third-order valence-electron chi connectivity index (χ3n) is 2.04. The zero-order chi connectivity index (χ0) is 11.1. The molecule has 0 unspecified atom stereocenters. The Kier molecular flexibility index (Phi) is 4.80. The number of hydrogen-bond donors (Lipinski definition) is 2. The van der Waals surface area contributed by atoms with Crippen LogP contribution in [0, 0.1) is 0 Å². The van der Waals surface area contributed by atoms with E-state index in [1.807, 2.05) is 24.3 Å². The molecule has 0 spiro atoms. The van der Waals surface area contributed by atoms with Gasteiger partial charge in [-0.3, -0.25) is 4.79 Å². The highest BCUT2D eigenvalue weighted by molar-refractivity contribution is 5.77. The number of carbonyl (C=O) groups is 1. The zero-order valence-corrected chi connectivity index (χ0v) is 8.69. The summed E-state index contributed by atoms with van der Waals surface area (Å²) in [5, 5.41) is 11.7. The van der Waals surface area contributed by atoms with Crippen LogP contribution >= 0.6 is 0 Å². The van der Waals surface area contributed by atoms with Crippen LogP contribution in [0.25, 0.3) is 0 Å². The Labute approximate surface area is 88.9 Å². The smallest absolute Gasteiger partial charge is 0.246 e. The lowest BCUT2D eigenvalue weighted by molar-refractivity contribution is -0.124. The van der Waals surface area contributed by atoms with Crippen LogP contribution in [0.3, 0.4) is 0 Å². The van der Waals surface area contributed by atoms with E-state index in [9.17, 15) is 4.79 Å². The molecule has 0 aliphatic rings. The fourth-order valence-electron chi connectivity index (χ4n) is 1.26. The number of aliphatic hydroxyl groups is 1. The highest BCUT2D eigenvalue weighted by atomic mass is 16.5. The highest BCUT2D eigenvalue weighted by Crippen LogP contribution is 2.07. The van der Waals surface area contributed by atoms with Crippen molar-refractivity contribution in [2.45, 2.75) is 13.2 Å². The van der Waals surface area contributed by atoms with Crippen molar-refractivity contribution < 1.29 is 14.6 Å². The Balaban J connectivity index is 2.53. The van der Waals surface area contributed by atoms with Crippen LogP contribution in [-0.4, -0.2) is 24.7 Å². The highest BCUT2D eigenvalue weighted by Gasteiger charge is 2.03. The van der Waals surface area contributed by atoms with Crippen LogP contribution in [0.5, 0.6) is 0 Å². The summed E-state index contributed by atoms with van der Waals surface area (Å²) in [7, 11) is 1.47. The van der Waals surface area contributed by atoms with Gasteiger partial charge >= 0.3 is 0 Å².